The molecule has 5 nitrogen and oxygen atoms in total. The molecule has 0 aliphatic carbocycles. The average Bonchev–Trinajstić information content (AvgIpc) is 3.04. The number of nitrogens with zero attached hydrogens (tertiary/aromatic N) is 2. The van der Waals surface area contributed by atoms with Crippen LogP contribution in [-0.2, 0) is 11.2 Å². The van der Waals surface area contributed by atoms with Gasteiger partial charge in [-0.25, -0.2) is 9.37 Å². The van der Waals surface area contributed by atoms with E-state index in [2.05, 4.69) is 10.3 Å². The van der Waals surface area contributed by atoms with Gasteiger partial charge in [-0.1, -0.05) is 0 Å². The number of piperidine rings is 1. The van der Waals surface area contributed by atoms with Crippen LogP contribution in [0, 0.1) is 5.82 Å². The van der Waals surface area contributed by atoms with Gasteiger partial charge >= 0.3 is 0 Å². The van der Waals surface area contributed by atoms with Gasteiger partial charge in [0.15, 0.2) is 0 Å². The van der Waals surface area contributed by atoms with Crippen molar-refractivity contribution in [2.45, 2.75) is 25.3 Å². The summed E-state index contributed by atoms with van der Waals surface area (Å²) < 4.78 is 18.3. The molecule has 0 unspecified atom stereocenters. The fourth-order valence-corrected chi connectivity index (χ4v) is 2.80. The summed E-state index contributed by atoms with van der Waals surface area (Å²) in [5.41, 5.74) is 1.30. The Balaban J connectivity index is 0.00000156. The van der Waals surface area contributed by atoms with Crippen LogP contribution < -0.4 is 5.32 Å². The molecule has 138 valence electrons. The Labute approximate surface area is 158 Å². The van der Waals surface area contributed by atoms with Crippen LogP contribution in [0.4, 0.5) is 4.39 Å². The molecule has 0 bridgehead atoms. The number of oxazole rings is 1. The van der Waals surface area contributed by atoms with Gasteiger partial charge in [0.05, 0.1) is 12.1 Å². The zero-order valence-corrected chi connectivity index (χ0v) is 15.5. The largest absolute Gasteiger partial charge is 0.444 e. The Bertz CT molecular complexity index is 671. The predicted octanol–water partition coefficient (Wildman–Crippen LogP) is 3.08. The predicted molar refractivity (Wildman–Crippen MR) is 98.8 cm³/mol. The van der Waals surface area contributed by atoms with Crippen LogP contribution in [0.15, 0.2) is 34.9 Å². The molecule has 1 aromatic heterocycles. The van der Waals surface area contributed by atoms with Crippen LogP contribution >= 0.6 is 24.8 Å². The summed E-state index contributed by atoms with van der Waals surface area (Å²) in [5, 5.41) is 3.25. The monoisotopic (exact) mass is 389 g/mol. The molecule has 0 atom stereocenters. The summed E-state index contributed by atoms with van der Waals surface area (Å²) in [6.07, 6.45) is 3.68. The van der Waals surface area contributed by atoms with Gasteiger partial charge in [0.2, 0.25) is 11.8 Å². The third-order valence-electron chi connectivity index (χ3n) is 4.23. The highest BCUT2D eigenvalue weighted by atomic mass is 35.5. The first kappa shape index (κ1) is 21.4. The Morgan fingerprint density at radius 3 is 2.52 bits per heavy atom. The van der Waals surface area contributed by atoms with E-state index in [-0.39, 0.29) is 43.0 Å². The number of amides is 1. The number of hydrogen-bond acceptors (Lipinski definition) is 4. The minimum Gasteiger partial charge on any atom is -0.444 e. The van der Waals surface area contributed by atoms with Crippen molar-refractivity contribution in [1.29, 1.82) is 0 Å². The lowest BCUT2D eigenvalue weighted by molar-refractivity contribution is -0.131. The first-order chi connectivity index (χ1) is 11.2. The van der Waals surface area contributed by atoms with Crippen molar-refractivity contribution in [3.8, 4) is 11.5 Å². The first-order valence-corrected chi connectivity index (χ1v) is 7.81. The van der Waals surface area contributed by atoms with Crippen LogP contribution in [0.1, 0.15) is 18.5 Å². The Kier molecular flexibility index (Phi) is 8.35. The maximum atomic E-state index is 12.9. The van der Waals surface area contributed by atoms with Gasteiger partial charge in [-0.05, 0) is 44.2 Å². The summed E-state index contributed by atoms with van der Waals surface area (Å²) in [5.74, 6) is 0.167. The van der Waals surface area contributed by atoms with E-state index in [0.29, 0.717) is 23.2 Å². The van der Waals surface area contributed by atoms with Crippen LogP contribution in [0.5, 0.6) is 0 Å². The van der Waals surface area contributed by atoms with Crippen molar-refractivity contribution < 1.29 is 13.6 Å². The van der Waals surface area contributed by atoms with Gasteiger partial charge in [-0.15, -0.1) is 24.8 Å². The quantitative estimate of drug-likeness (QED) is 0.872. The van der Waals surface area contributed by atoms with Gasteiger partial charge in [0, 0.05) is 24.7 Å². The lowest BCUT2D eigenvalue weighted by atomic mass is 10.0. The molecule has 0 radical (unpaired) electrons. The highest BCUT2D eigenvalue weighted by molar-refractivity contribution is 5.85. The van der Waals surface area contributed by atoms with E-state index >= 15 is 0 Å². The lowest BCUT2D eigenvalue weighted by Gasteiger charge is -2.31. The van der Waals surface area contributed by atoms with Crippen molar-refractivity contribution in [3.63, 3.8) is 0 Å². The summed E-state index contributed by atoms with van der Waals surface area (Å²) in [6.45, 7) is 1.54. The summed E-state index contributed by atoms with van der Waals surface area (Å²) >= 11 is 0. The summed E-state index contributed by atoms with van der Waals surface area (Å²) in [6, 6.07) is 6.42. The highest BCUT2D eigenvalue weighted by Crippen LogP contribution is 2.20. The average molecular weight is 390 g/mol. The number of likely N-dealkylation sites (tertiary alicyclic amines) is 1. The van der Waals surface area contributed by atoms with Crippen LogP contribution in [0.25, 0.3) is 11.5 Å². The van der Waals surface area contributed by atoms with E-state index in [9.17, 15) is 9.18 Å². The van der Waals surface area contributed by atoms with Crippen LogP contribution in [0.2, 0.25) is 0 Å². The van der Waals surface area contributed by atoms with Crippen LogP contribution in [-0.4, -0.2) is 42.0 Å². The molecule has 0 saturated carbocycles. The number of nitrogens with one attached hydrogen (secondary N) is 1. The van der Waals surface area contributed by atoms with Gasteiger partial charge in [-0.3, -0.25) is 4.79 Å². The van der Waals surface area contributed by atoms with Gasteiger partial charge in [-0.2, -0.15) is 0 Å². The molecule has 1 aromatic carbocycles. The minimum absolute atomic E-state index is 0. The lowest BCUT2D eigenvalue weighted by Crippen LogP contribution is -2.44. The highest BCUT2D eigenvalue weighted by Gasteiger charge is 2.22. The SMILES string of the molecule is CNC1CCN(C(=O)Cc2coc(-c3ccc(F)cc3)n2)CC1.Cl.Cl. The Hall–Kier alpha value is -1.63. The van der Waals surface area contributed by atoms with E-state index in [1.54, 1.807) is 12.1 Å². The Morgan fingerprint density at radius 2 is 1.92 bits per heavy atom. The van der Waals surface area contributed by atoms with E-state index in [1.165, 1.54) is 18.4 Å². The maximum absolute atomic E-state index is 12.9. The molecule has 25 heavy (non-hydrogen) atoms. The molecular formula is C17H22Cl2FN3O2. The standard InChI is InChI=1S/C17H20FN3O2.2ClH/c1-19-14-6-8-21(9-7-14)16(22)10-15-11-23-17(20-15)12-2-4-13(18)5-3-12;;/h2-5,11,14,19H,6-10H2,1H3;2*1H. The number of aromatic nitrogens is 1. The van der Waals surface area contributed by atoms with E-state index in [1.807, 2.05) is 11.9 Å². The smallest absolute Gasteiger partial charge is 0.228 e. The number of carbonyl (C=O) groups excluding carboxylic acids is 1. The Morgan fingerprint density at radius 1 is 1.28 bits per heavy atom. The zero-order chi connectivity index (χ0) is 16.2. The maximum Gasteiger partial charge on any atom is 0.228 e. The third-order valence-corrected chi connectivity index (χ3v) is 4.23. The van der Waals surface area contributed by atoms with Crippen molar-refractivity contribution in [1.82, 2.24) is 15.2 Å². The summed E-state index contributed by atoms with van der Waals surface area (Å²) in [7, 11) is 1.95. The van der Waals surface area contributed by atoms with Gasteiger partial charge in [0.1, 0.15) is 12.1 Å². The minimum atomic E-state index is -0.305. The van der Waals surface area contributed by atoms with E-state index in [4.69, 9.17) is 4.42 Å². The third kappa shape index (κ3) is 5.42. The molecule has 1 amide bonds. The number of benzene rings is 1. The second kappa shape index (κ2) is 9.75. The molecule has 1 saturated heterocycles. The second-order valence-electron chi connectivity index (χ2n) is 5.77. The van der Waals surface area contributed by atoms with Crippen molar-refractivity contribution in [2.24, 2.45) is 0 Å². The van der Waals surface area contributed by atoms with Crippen LogP contribution in [0.3, 0.4) is 0 Å². The molecule has 1 aliphatic rings. The number of rotatable bonds is 4. The fraction of sp³-hybridized carbons (Fsp3) is 0.412. The van der Waals surface area contributed by atoms with Crippen molar-refractivity contribution in [2.75, 3.05) is 20.1 Å². The summed E-state index contributed by atoms with van der Waals surface area (Å²) in [4.78, 5) is 18.5. The number of carbonyl (C=O) groups is 1. The molecule has 0 spiro atoms. The molecule has 3 rings (SSSR count). The molecule has 1 fully saturated rings. The van der Waals surface area contributed by atoms with E-state index in [0.717, 1.165) is 25.9 Å². The van der Waals surface area contributed by atoms with Crippen molar-refractivity contribution >= 4 is 30.7 Å². The molecule has 8 heteroatoms. The molecule has 1 aliphatic heterocycles. The molecule has 2 heterocycles. The second-order valence-corrected chi connectivity index (χ2v) is 5.77. The molecule has 1 N–H and O–H groups in total. The number of hydrogen-bond donors (Lipinski definition) is 1. The number of halogens is 3. The normalized spacial score (nSPS) is 14.6. The first-order valence-electron chi connectivity index (χ1n) is 7.81. The molecule has 2 aromatic rings. The fourth-order valence-electron chi connectivity index (χ4n) is 2.80. The van der Waals surface area contributed by atoms with Gasteiger partial charge in [0.25, 0.3) is 0 Å². The van der Waals surface area contributed by atoms with Gasteiger partial charge < -0.3 is 14.6 Å². The molecular weight excluding hydrogens is 368 g/mol. The van der Waals surface area contributed by atoms with Crippen molar-refractivity contribution in [3.05, 3.63) is 42.0 Å². The topological polar surface area (TPSA) is 58.4 Å². The van der Waals surface area contributed by atoms with E-state index < -0.39 is 0 Å². The zero-order valence-electron chi connectivity index (χ0n) is 13.9.